The first kappa shape index (κ1) is 14.1. The third-order valence-electron chi connectivity index (χ3n) is 3.60. The molecule has 2 rings (SSSR count). The molecule has 4 heteroatoms. The van der Waals surface area contributed by atoms with Crippen molar-refractivity contribution >= 4 is 5.69 Å². The van der Waals surface area contributed by atoms with Crippen LogP contribution in [-0.4, -0.2) is 32.3 Å². The highest BCUT2D eigenvalue weighted by atomic mass is 19.1. The van der Waals surface area contributed by atoms with Crippen LogP contribution in [0.25, 0.3) is 0 Å². The first-order valence-electron chi connectivity index (χ1n) is 7.03. The second-order valence-corrected chi connectivity index (χ2v) is 5.26. The molecule has 1 aliphatic heterocycles. The minimum absolute atomic E-state index is 0.277. The van der Waals surface area contributed by atoms with Gasteiger partial charge in [0.15, 0.2) is 11.6 Å². The van der Waals surface area contributed by atoms with Gasteiger partial charge in [-0.15, -0.1) is 0 Å². The Hall–Kier alpha value is -1.29. The van der Waals surface area contributed by atoms with E-state index >= 15 is 0 Å². The highest BCUT2D eigenvalue weighted by Crippen LogP contribution is 2.27. The molecule has 0 amide bonds. The number of hydrogen-bond donors (Lipinski definition) is 1. The van der Waals surface area contributed by atoms with Gasteiger partial charge in [-0.1, -0.05) is 13.8 Å². The van der Waals surface area contributed by atoms with E-state index in [1.807, 2.05) is 13.0 Å². The molecule has 0 spiro atoms. The fourth-order valence-corrected chi connectivity index (χ4v) is 2.58. The number of nitrogens with zero attached hydrogens (tertiary/aromatic N) is 1. The number of benzene rings is 1. The Bertz CT molecular complexity index is 423. The van der Waals surface area contributed by atoms with Crippen LogP contribution in [0.1, 0.15) is 20.8 Å². The smallest absolute Gasteiger partial charge is 0.167 e. The molecule has 0 saturated carbocycles. The summed E-state index contributed by atoms with van der Waals surface area (Å²) in [7, 11) is 0. The van der Waals surface area contributed by atoms with E-state index in [1.54, 1.807) is 12.1 Å². The van der Waals surface area contributed by atoms with Gasteiger partial charge < -0.3 is 15.0 Å². The average Bonchev–Trinajstić information content (AvgIpc) is 2.41. The fraction of sp³-hybridized carbons (Fsp3) is 0.600. The summed E-state index contributed by atoms with van der Waals surface area (Å²) in [5, 5.41) is 3.40. The Balaban J connectivity index is 2.22. The monoisotopic (exact) mass is 266 g/mol. The molecule has 0 bridgehead atoms. The molecule has 1 atom stereocenters. The van der Waals surface area contributed by atoms with Crippen molar-refractivity contribution in [1.82, 2.24) is 5.32 Å². The lowest BCUT2D eigenvalue weighted by Gasteiger charge is -2.40. The fourth-order valence-electron chi connectivity index (χ4n) is 2.58. The minimum Gasteiger partial charge on any atom is -0.491 e. The lowest BCUT2D eigenvalue weighted by atomic mass is 9.99. The maximum absolute atomic E-state index is 14.0. The van der Waals surface area contributed by atoms with Gasteiger partial charge in [0.05, 0.1) is 6.61 Å². The normalized spacial score (nSPS) is 19.8. The largest absolute Gasteiger partial charge is 0.491 e. The van der Waals surface area contributed by atoms with Gasteiger partial charge in [-0.05, 0) is 25.0 Å². The molecule has 1 N–H and O–H groups in total. The molecule has 0 radical (unpaired) electrons. The Morgan fingerprint density at radius 3 is 2.89 bits per heavy atom. The maximum Gasteiger partial charge on any atom is 0.167 e. The summed E-state index contributed by atoms with van der Waals surface area (Å²) in [6.07, 6.45) is 0. The van der Waals surface area contributed by atoms with Crippen LogP contribution in [0.3, 0.4) is 0 Å². The van der Waals surface area contributed by atoms with Gasteiger partial charge in [0.25, 0.3) is 0 Å². The van der Waals surface area contributed by atoms with Crippen LogP contribution >= 0.6 is 0 Å². The van der Waals surface area contributed by atoms with Gasteiger partial charge in [-0.25, -0.2) is 4.39 Å². The molecule has 0 aliphatic carbocycles. The van der Waals surface area contributed by atoms with Crippen LogP contribution in [0.15, 0.2) is 18.2 Å². The Labute approximate surface area is 114 Å². The van der Waals surface area contributed by atoms with Crippen LogP contribution in [-0.2, 0) is 0 Å². The van der Waals surface area contributed by atoms with Crippen molar-refractivity contribution in [2.75, 3.05) is 31.1 Å². The molecule has 1 saturated heterocycles. The van der Waals surface area contributed by atoms with E-state index in [1.165, 1.54) is 0 Å². The first-order chi connectivity index (χ1) is 9.13. The van der Waals surface area contributed by atoms with Crippen molar-refractivity contribution in [3.8, 4) is 5.75 Å². The van der Waals surface area contributed by atoms with Crippen molar-refractivity contribution in [2.24, 2.45) is 5.92 Å². The molecule has 3 nitrogen and oxygen atoms in total. The van der Waals surface area contributed by atoms with Gasteiger partial charge in [-0.3, -0.25) is 0 Å². The summed E-state index contributed by atoms with van der Waals surface area (Å²) in [5.41, 5.74) is 0.946. The van der Waals surface area contributed by atoms with Gasteiger partial charge in [-0.2, -0.15) is 0 Å². The number of rotatable bonds is 4. The third-order valence-corrected chi connectivity index (χ3v) is 3.60. The summed E-state index contributed by atoms with van der Waals surface area (Å²) in [6.45, 7) is 9.56. The number of hydrogen-bond acceptors (Lipinski definition) is 3. The standard InChI is InChI=1S/C15H23FN2O/c1-4-19-15-6-5-12(9-13(15)16)18-8-7-17-10-14(18)11(2)3/h5-6,9,11,14,17H,4,7-8,10H2,1-3H3. The second-order valence-electron chi connectivity index (χ2n) is 5.26. The molecule has 0 aromatic heterocycles. The van der Waals surface area contributed by atoms with Crippen LogP contribution in [0.4, 0.5) is 10.1 Å². The SMILES string of the molecule is CCOc1ccc(N2CCNCC2C(C)C)cc1F. The topological polar surface area (TPSA) is 24.5 Å². The zero-order valence-corrected chi connectivity index (χ0v) is 11.9. The summed E-state index contributed by atoms with van der Waals surface area (Å²) < 4.78 is 19.2. The van der Waals surface area contributed by atoms with E-state index in [-0.39, 0.29) is 5.82 Å². The van der Waals surface area contributed by atoms with E-state index < -0.39 is 0 Å². The molecular weight excluding hydrogens is 243 g/mol. The zero-order chi connectivity index (χ0) is 13.8. The van der Waals surface area contributed by atoms with Gasteiger partial charge >= 0.3 is 0 Å². The van der Waals surface area contributed by atoms with E-state index in [9.17, 15) is 4.39 Å². The van der Waals surface area contributed by atoms with Crippen molar-refractivity contribution in [2.45, 2.75) is 26.8 Å². The molecule has 1 aromatic carbocycles. The zero-order valence-electron chi connectivity index (χ0n) is 11.9. The van der Waals surface area contributed by atoms with Crippen molar-refractivity contribution in [3.05, 3.63) is 24.0 Å². The molecule has 1 aromatic rings. The maximum atomic E-state index is 14.0. The van der Waals surface area contributed by atoms with Gasteiger partial charge in [0.2, 0.25) is 0 Å². The Kier molecular flexibility index (Phi) is 4.64. The Morgan fingerprint density at radius 1 is 1.47 bits per heavy atom. The van der Waals surface area contributed by atoms with Crippen molar-refractivity contribution in [3.63, 3.8) is 0 Å². The average molecular weight is 266 g/mol. The predicted molar refractivity (Wildman–Crippen MR) is 76.4 cm³/mol. The lowest BCUT2D eigenvalue weighted by Crippen LogP contribution is -2.53. The van der Waals surface area contributed by atoms with E-state index in [0.717, 1.165) is 25.3 Å². The molecule has 1 heterocycles. The molecule has 19 heavy (non-hydrogen) atoms. The van der Waals surface area contributed by atoms with Crippen molar-refractivity contribution < 1.29 is 9.13 Å². The van der Waals surface area contributed by atoms with Crippen LogP contribution in [0, 0.1) is 11.7 Å². The summed E-state index contributed by atoms with van der Waals surface area (Å²) in [4.78, 5) is 2.29. The van der Waals surface area contributed by atoms with E-state index in [2.05, 4.69) is 24.1 Å². The highest BCUT2D eigenvalue weighted by Gasteiger charge is 2.25. The summed E-state index contributed by atoms with van der Waals surface area (Å²) in [5.74, 6) is 0.588. The quantitative estimate of drug-likeness (QED) is 0.906. The molecule has 1 unspecified atom stereocenters. The highest BCUT2D eigenvalue weighted by molar-refractivity contribution is 5.51. The number of nitrogens with one attached hydrogen (secondary N) is 1. The van der Waals surface area contributed by atoms with Crippen LogP contribution < -0.4 is 15.0 Å². The molecule has 1 fully saturated rings. The third kappa shape index (κ3) is 3.18. The lowest BCUT2D eigenvalue weighted by molar-refractivity contribution is 0.321. The Morgan fingerprint density at radius 2 is 2.26 bits per heavy atom. The molecule has 1 aliphatic rings. The van der Waals surface area contributed by atoms with E-state index in [0.29, 0.717) is 24.3 Å². The predicted octanol–water partition coefficient (Wildman–Crippen LogP) is 2.66. The second kappa shape index (κ2) is 6.24. The molecule has 106 valence electrons. The number of halogens is 1. The van der Waals surface area contributed by atoms with Gasteiger partial charge in [0.1, 0.15) is 0 Å². The number of piperazine rings is 1. The number of ether oxygens (including phenoxy) is 1. The number of anilines is 1. The minimum atomic E-state index is -0.277. The van der Waals surface area contributed by atoms with Crippen LogP contribution in [0.5, 0.6) is 5.75 Å². The van der Waals surface area contributed by atoms with Gasteiger partial charge in [0, 0.05) is 37.4 Å². The van der Waals surface area contributed by atoms with Crippen LogP contribution in [0.2, 0.25) is 0 Å². The van der Waals surface area contributed by atoms with E-state index in [4.69, 9.17) is 4.74 Å². The van der Waals surface area contributed by atoms with Crippen molar-refractivity contribution in [1.29, 1.82) is 0 Å². The summed E-state index contributed by atoms with van der Waals surface area (Å²) in [6, 6.07) is 5.68. The molecular formula is C15H23FN2O. The summed E-state index contributed by atoms with van der Waals surface area (Å²) >= 11 is 0. The first-order valence-corrected chi connectivity index (χ1v) is 7.03.